The molecule has 2 atom stereocenters. The van der Waals surface area contributed by atoms with Gasteiger partial charge in [-0.2, -0.15) is 0 Å². The molecule has 0 fully saturated rings. The van der Waals surface area contributed by atoms with Gasteiger partial charge in [0.2, 0.25) is 0 Å². The zero-order valence-electron chi connectivity index (χ0n) is 13.0. The quantitative estimate of drug-likeness (QED) is 0.850. The molecule has 0 heterocycles. The number of hydrogen-bond acceptors (Lipinski definition) is 2. The monoisotopic (exact) mass is 281 g/mol. The summed E-state index contributed by atoms with van der Waals surface area (Å²) in [7, 11) is 6.10. The Hall–Kier alpha value is -1.80. The largest absolute Gasteiger partial charge is 0.497 e. The number of ether oxygens (including phenoxy) is 1. The van der Waals surface area contributed by atoms with Crippen molar-refractivity contribution < 1.29 is 4.74 Å². The molecule has 3 rings (SSSR count). The van der Waals surface area contributed by atoms with Crippen molar-refractivity contribution >= 4 is 0 Å². The van der Waals surface area contributed by atoms with E-state index in [1.165, 1.54) is 16.7 Å². The molecule has 0 spiro atoms. The van der Waals surface area contributed by atoms with Gasteiger partial charge in [0.05, 0.1) is 7.11 Å². The van der Waals surface area contributed by atoms with Crippen LogP contribution in [-0.2, 0) is 6.42 Å². The van der Waals surface area contributed by atoms with E-state index in [2.05, 4.69) is 61.5 Å². The van der Waals surface area contributed by atoms with E-state index in [4.69, 9.17) is 4.74 Å². The lowest BCUT2D eigenvalue weighted by Crippen LogP contribution is -2.35. The van der Waals surface area contributed by atoms with Gasteiger partial charge in [-0.1, -0.05) is 36.4 Å². The summed E-state index contributed by atoms with van der Waals surface area (Å²) in [6, 6.07) is 18.0. The zero-order chi connectivity index (χ0) is 14.8. The minimum Gasteiger partial charge on any atom is -0.497 e. The van der Waals surface area contributed by atoms with Gasteiger partial charge in [0.25, 0.3) is 0 Å². The van der Waals surface area contributed by atoms with E-state index in [0.29, 0.717) is 12.0 Å². The van der Waals surface area contributed by atoms with Crippen LogP contribution in [0.5, 0.6) is 5.75 Å². The van der Waals surface area contributed by atoms with Crippen LogP contribution in [0.2, 0.25) is 0 Å². The predicted octanol–water partition coefficient (Wildman–Crippen LogP) is 3.70. The average Bonchev–Trinajstić information content (AvgIpc) is 2.53. The van der Waals surface area contributed by atoms with Crippen molar-refractivity contribution in [3.8, 4) is 5.75 Å². The van der Waals surface area contributed by atoms with Crippen molar-refractivity contribution in [3.05, 3.63) is 65.2 Å². The molecule has 0 radical (unpaired) electrons. The van der Waals surface area contributed by atoms with Gasteiger partial charge in [0.15, 0.2) is 0 Å². The van der Waals surface area contributed by atoms with Gasteiger partial charge in [0, 0.05) is 12.0 Å². The minimum absolute atomic E-state index is 0.456. The molecule has 2 aromatic rings. The lowest BCUT2D eigenvalue weighted by Gasteiger charge is -2.35. The topological polar surface area (TPSA) is 12.5 Å². The van der Waals surface area contributed by atoms with Crippen molar-refractivity contribution in [1.29, 1.82) is 0 Å². The Bertz CT molecular complexity index is 620. The fourth-order valence-electron chi connectivity index (χ4n) is 3.36. The Morgan fingerprint density at radius 2 is 1.86 bits per heavy atom. The van der Waals surface area contributed by atoms with Gasteiger partial charge in [-0.25, -0.2) is 0 Å². The number of nitrogens with zero attached hydrogens (tertiary/aromatic N) is 1. The summed E-state index contributed by atoms with van der Waals surface area (Å²) < 4.78 is 5.40. The van der Waals surface area contributed by atoms with Gasteiger partial charge in [0.1, 0.15) is 5.75 Å². The van der Waals surface area contributed by atoms with Crippen LogP contribution in [0.4, 0.5) is 0 Å². The molecule has 1 aliphatic carbocycles. The molecular weight excluding hydrogens is 258 g/mol. The van der Waals surface area contributed by atoms with E-state index >= 15 is 0 Å². The first-order valence-corrected chi connectivity index (χ1v) is 7.57. The summed E-state index contributed by atoms with van der Waals surface area (Å²) in [6.45, 7) is 0. The van der Waals surface area contributed by atoms with Crippen LogP contribution in [0.3, 0.4) is 0 Å². The van der Waals surface area contributed by atoms with E-state index in [0.717, 1.165) is 18.6 Å². The first-order valence-electron chi connectivity index (χ1n) is 7.57. The normalized spacial score (nSPS) is 21.1. The maximum absolute atomic E-state index is 5.40. The van der Waals surface area contributed by atoms with Crippen molar-refractivity contribution in [3.63, 3.8) is 0 Å². The number of benzene rings is 2. The zero-order valence-corrected chi connectivity index (χ0v) is 13.0. The molecule has 2 heteroatoms. The van der Waals surface area contributed by atoms with Crippen LogP contribution in [0.25, 0.3) is 0 Å². The van der Waals surface area contributed by atoms with Crippen molar-refractivity contribution in [2.75, 3.05) is 21.2 Å². The van der Waals surface area contributed by atoms with Crippen molar-refractivity contribution in [1.82, 2.24) is 4.90 Å². The fraction of sp³-hybridized carbons (Fsp3) is 0.368. The summed E-state index contributed by atoms with van der Waals surface area (Å²) in [5, 5.41) is 0. The Morgan fingerprint density at radius 1 is 1.05 bits per heavy atom. The van der Waals surface area contributed by atoms with Crippen LogP contribution in [0, 0.1) is 0 Å². The van der Waals surface area contributed by atoms with E-state index < -0.39 is 0 Å². The van der Waals surface area contributed by atoms with Gasteiger partial charge in [-0.15, -0.1) is 0 Å². The molecule has 0 saturated carbocycles. The van der Waals surface area contributed by atoms with E-state index in [1.54, 1.807) is 7.11 Å². The van der Waals surface area contributed by atoms with Crippen LogP contribution in [-0.4, -0.2) is 32.1 Å². The third-order valence-corrected chi connectivity index (χ3v) is 4.62. The van der Waals surface area contributed by atoms with Crippen LogP contribution < -0.4 is 4.74 Å². The molecule has 0 unspecified atom stereocenters. The molecule has 0 N–H and O–H groups in total. The maximum Gasteiger partial charge on any atom is 0.119 e. The van der Waals surface area contributed by atoms with Gasteiger partial charge in [-0.3, -0.25) is 0 Å². The van der Waals surface area contributed by atoms with Crippen LogP contribution in [0.1, 0.15) is 29.0 Å². The van der Waals surface area contributed by atoms with Crippen LogP contribution in [0.15, 0.2) is 48.5 Å². The second kappa shape index (κ2) is 5.90. The molecule has 21 heavy (non-hydrogen) atoms. The lowest BCUT2D eigenvalue weighted by atomic mass is 9.76. The minimum atomic E-state index is 0.456. The Morgan fingerprint density at radius 3 is 2.62 bits per heavy atom. The smallest absolute Gasteiger partial charge is 0.119 e. The Labute approximate surface area is 127 Å². The summed E-state index contributed by atoms with van der Waals surface area (Å²) in [5.74, 6) is 1.40. The fourth-order valence-corrected chi connectivity index (χ4v) is 3.36. The van der Waals surface area contributed by atoms with Gasteiger partial charge >= 0.3 is 0 Å². The number of methoxy groups -OCH3 is 1. The summed E-state index contributed by atoms with van der Waals surface area (Å²) >= 11 is 0. The summed E-state index contributed by atoms with van der Waals surface area (Å²) in [6.07, 6.45) is 2.31. The van der Waals surface area contributed by atoms with E-state index in [1.807, 2.05) is 6.07 Å². The highest BCUT2D eigenvalue weighted by atomic mass is 16.5. The second-order valence-corrected chi connectivity index (χ2v) is 6.09. The standard InChI is InChI=1S/C19H23NO/c1-20(2)16-11-14-7-4-5-10-18(14)19(13-16)15-8-6-9-17(12-15)21-3/h4-10,12,16,19H,11,13H2,1-3H3/t16-,19-/m0/s1. The highest BCUT2D eigenvalue weighted by molar-refractivity contribution is 5.43. The lowest BCUT2D eigenvalue weighted by molar-refractivity contribution is 0.258. The highest BCUT2D eigenvalue weighted by Gasteiger charge is 2.28. The van der Waals surface area contributed by atoms with Gasteiger partial charge < -0.3 is 9.64 Å². The van der Waals surface area contributed by atoms with Crippen molar-refractivity contribution in [2.24, 2.45) is 0 Å². The molecule has 0 aliphatic heterocycles. The average molecular weight is 281 g/mol. The molecule has 1 aliphatic rings. The molecule has 0 saturated heterocycles. The summed E-state index contributed by atoms with van der Waals surface area (Å²) in [5.41, 5.74) is 4.31. The van der Waals surface area contributed by atoms with Gasteiger partial charge in [-0.05, 0) is 55.8 Å². The van der Waals surface area contributed by atoms with E-state index in [9.17, 15) is 0 Å². The number of fused-ring (bicyclic) bond motifs is 1. The molecule has 0 amide bonds. The first kappa shape index (κ1) is 14.2. The van der Waals surface area contributed by atoms with E-state index in [-0.39, 0.29) is 0 Å². The Kier molecular flexibility index (Phi) is 3.98. The SMILES string of the molecule is COc1cccc([C@@H]2C[C@@H](N(C)C)Cc3ccccc32)c1. The second-order valence-electron chi connectivity index (χ2n) is 6.09. The summed E-state index contributed by atoms with van der Waals surface area (Å²) in [4.78, 5) is 2.35. The molecule has 110 valence electrons. The number of hydrogen-bond donors (Lipinski definition) is 0. The third-order valence-electron chi connectivity index (χ3n) is 4.62. The van der Waals surface area contributed by atoms with Crippen LogP contribution >= 0.6 is 0 Å². The van der Waals surface area contributed by atoms with Crippen molar-refractivity contribution in [2.45, 2.75) is 24.8 Å². The molecule has 0 aromatic heterocycles. The highest BCUT2D eigenvalue weighted by Crippen LogP contribution is 2.38. The molecule has 2 aromatic carbocycles. The maximum atomic E-state index is 5.40. The number of rotatable bonds is 3. The third kappa shape index (κ3) is 2.81. The molecule has 0 bridgehead atoms. The molecule has 2 nitrogen and oxygen atoms in total. The Balaban J connectivity index is 2.03. The first-order chi connectivity index (χ1) is 10.2. The molecular formula is C19H23NO. The number of likely N-dealkylation sites (N-methyl/N-ethyl adjacent to an activating group) is 1. The predicted molar refractivity (Wildman–Crippen MR) is 87.1 cm³/mol.